The van der Waals surface area contributed by atoms with Crippen molar-refractivity contribution in [3.63, 3.8) is 0 Å². The van der Waals surface area contributed by atoms with Gasteiger partial charge in [-0.3, -0.25) is 4.79 Å². The Morgan fingerprint density at radius 3 is 2.87 bits per heavy atom. The molecular weight excluding hydrogens is 234 g/mol. The highest BCUT2D eigenvalue weighted by molar-refractivity contribution is 7.99. The van der Waals surface area contributed by atoms with E-state index in [0.717, 1.165) is 4.90 Å². The van der Waals surface area contributed by atoms with Gasteiger partial charge in [-0.1, -0.05) is 17.7 Å². The number of thioether (sulfide) groups is 1. The summed E-state index contributed by atoms with van der Waals surface area (Å²) in [4.78, 5) is 11.7. The molecule has 0 aliphatic rings. The van der Waals surface area contributed by atoms with Gasteiger partial charge in [0.15, 0.2) is 0 Å². The lowest BCUT2D eigenvalue weighted by molar-refractivity contribution is -0.141. The van der Waals surface area contributed by atoms with Gasteiger partial charge in [-0.15, -0.1) is 11.8 Å². The zero-order valence-corrected chi connectivity index (χ0v) is 9.81. The molecule has 15 heavy (non-hydrogen) atoms. The Balaban J connectivity index is 2.61. The van der Waals surface area contributed by atoms with Crippen LogP contribution in [0.3, 0.4) is 0 Å². The Labute approximate surface area is 97.6 Å². The van der Waals surface area contributed by atoms with Crippen molar-refractivity contribution in [3.05, 3.63) is 29.3 Å². The maximum absolute atomic E-state index is 10.7. The molecular formula is C10H12ClNO2S. The van der Waals surface area contributed by atoms with E-state index in [0.29, 0.717) is 10.8 Å². The summed E-state index contributed by atoms with van der Waals surface area (Å²) in [7, 11) is 0. The van der Waals surface area contributed by atoms with Crippen molar-refractivity contribution in [3.8, 4) is 0 Å². The topological polar surface area (TPSA) is 63.3 Å². The summed E-state index contributed by atoms with van der Waals surface area (Å²) in [6, 6.07) is 7.24. The van der Waals surface area contributed by atoms with Crippen LogP contribution in [0, 0.1) is 0 Å². The third-order valence-electron chi connectivity index (χ3n) is 1.82. The molecule has 0 saturated heterocycles. The highest BCUT2D eigenvalue weighted by Crippen LogP contribution is 2.24. The number of benzene rings is 1. The zero-order chi connectivity index (χ0) is 11.5. The number of hydrogen-bond acceptors (Lipinski definition) is 3. The number of nitrogens with two attached hydrogens (primary N) is 1. The molecule has 0 radical (unpaired) electrons. The number of halogens is 1. The minimum atomic E-state index is -1.22. The molecule has 1 rings (SSSR count). The molecule has 0 aliphatic carbocycles. The maximum atomic E-state index is 10.7. The van der Waals surface area contributed by atoms with Gasteiger partial charge in [0, 0.05) is 15.7 Å². The van der Waals surface area contributed by atoms with Crippen LogP contribution < -0.4 is 5.73 Å². The number of aliphatic carboxylic acids is 1. The predicted molar refractivity (Wildman–Crippen MR) is 62.4 cm³/mol. The fraction of sp³-hybridized carbons (Fsp3) is 0.300. The number of hydrogen-bond donors (Lipinski definition) is 2. The SMILES string of the molecule is CC(N)(CSc1cccc(Cl)c1)C(=O)O. The molecule has 3 N–H and O–H groups in total. The van der Waals surface area contributed by atoms with E-state index in [4.69, 9.17) is 22.4 Å². The van der Waals surface area contributed by atoms with Crippen LogP contribution in [-0.4, -0.2) is 22.4 Å². The van der Waals surface area contributed by atoms with Crippen LogP contribution in [0.4, 0.5) is 0 Å². The molecule has 0 spiro atoms. The summed E-state index contributed by atoms with van der Waals surface area (Å²) in [6.45, 7) is 1.49. The van der Waals surface area contributed by atoms with Crippen LogP contribution in [0.15, 0.2) is 29.2 Å². The van der Waals surface area contributed by atoms with E-state index >= 15 is 0 Å². The first-order chi connectivity index (χ1) is 6.92. The molecule has 5 heteroatoms. The summed E-state index contributed by atoms with van der Waals surface area (Å²) in [5, 5.41) is 9.44. The quantitative estimate of drug-likeness (QED) is 0.799. The van der Waals surface area contributed by atoms with Gasteiger partial charge in [-0.25, -0.2) is 0 Å². The van der Waals surface area contributed by atoms with Crippen molar-refractivity contribution in [2.45, 2.75) is 17.4 Å². The third kappa shape index (κ3) is 3.74. The second-order valence-electron chi connectivity index (χ2n) is 3.47. The molecule has 0 aliphatic heterocycles. The van der Waals surface area contributed by atoms with Crippen molar-refractivity contribution in [2.75, 3.05) is 5.75 Å². The number of carboxylic acids is 1. The van der Waals surface area contributed by atoms with Crippen LogP contribution in [0.5, 0.6) is 0 Å². The molecule has 0 amide bonds. The fourth-order valence-corrected chi connectivity index (χ4v) is 2.08. The first kappa shape index (κ1) is 12.4. The second-order valence-corrected chi connectivity index (χ2v) is 4.95. The summed E-state index contributed by atoms with van der Waals surface area (Å²) >= 11 is 7.18. The molecule has 3 nitrogen and oxygen atoms in total. The molecule has 1 unspecified atom stereocenters. The first-order valence-corrected chi connectivity index (χ1v) is 5.69. The smallest absolute Gasteiger partial charge is 0.324 e. The normalized spacial score (nSPS) is 14.6. The number of carboxylic acid groups (broad SMARTS) is 1. The number of rotatable bonds is 4. The van der Waals surface area contributed by atoms with Crippen LogP contribution in [-0.2, 0) is 4.79 Å². The van der Waals surface area contributed by atoms with Gasteiger partial charge in [-0.05, 0) is 25.1 Å². The van der Waals surface area contributed by atoms with E-state index in [1.807, 2.05) is 12.1 Å². The number of carbonyl (C=O) groups is 1. The molecule has 0 aromatic heterocycles. The molecule has 1 aromatic carbocycles. The van der Waals surface area contributed by atoms with Gasteiger partial charge >= 0.3 is 5.97 Å². The highest BCUT2D eigenvalue weighted by atomic mass is 35.5. The largest absolute Gasteiger partial charge is 0.480 e. The lowest BCUT2D eigenvalue weighted by Gasteiger charge is -2.18. The van der Waals surface area contributed by atoms with Crippen molar-refractivity contribution in [1.82, 2.24) is 0 Å². The monoisotopic (exact) mass is 245 g/mol. The summed E-state index contributed by atoms with van der Waals surface area (Å²) in [5.41, 5.74) is 4.38. The molecule has 0 heterocycles. The Bertz CT molecular complexity index is 368. The van der Waals surface area contributed by atoms with Gasteiger partial charge in [-0.2, -0.15) is 0 Å². The van der Waals surface area contributed by atoms with Gasteiger partial charge in [0.25, 0.3) is 0 Å². The van der Waals surface area contributed by atoms with Crippen molar-refractivity contribution in [1.29, 1.82) is 0 Å². The van der Waals surface area contributed by atoms with Crippen LogP contribution in [0.2, 0.25) is 5.02 Å². The second kappa shape index (κ2) is 4.88. The average molecular weight is 246 g/mol. The average Bonchev–Trinajstić information content (AvgIpc) is 2.15. The van der Waals surface area contributed by atoms with Crippen LogP contribution in [0.1, 0.15) is 6.92 Å². The Morgan fingerprint density at radius 1 is 1.67 bits per heavy atom. The minimum absolute atomic E-state index is 0.308. The van der Waals surface area contributed by atoms with Gasteiger partial charge in [0.2, 0.25) is 0 Å². The van der Waals surface area contributed by atoms with Crippen molar-refractivity contribution < 1.29 is 9.90 Å². The van der Waals surface area contributed by atoms with Crippen LogP contribution >= 0.6 is 23.4 Å². The predicted octanol–water partition coefficient (Wildman–Crippen LogP) is 2.23. The molecule has 0 saturated carbocycles. The minimum Gasteiger partial charge on any atom is -0.480 e. The van der Waals surface area contributed by atoms with E-state index in [-0.39, 0.29) is 0 Å². The Morgan fingerprint density at radius 2 is 2.33 bits per heavy atom. The van der Waals surface area contributed by atoms with Gasteiger partial charge in [0.1, 0.15) is 5.54 Å². The summed E-state index contributed by atoms with van der Waals surface area (Å²) in [6.07, 6.45) is 0. The van der Waals surface area contributed by atoms with E-state index < -0.39 is 11.5 Å². The molecule has 0 bridgehead atoms. The van der Waals surface area contributed by atoms with E-state index in [1.54, 1.807) is 12.1 Å². The van der Waals surface area contributed by atoms with Gasteiger partial charge < -0.3 is 10.8 Å². The van der Waals surface area contributed by atoms with Crippen molar-refractivity contribution >= 4 is 29.3 Å². The van der Waals surface area contributed by atoms with Gasteiger partial charge in [0.05, 0.1) is 0 Å². The van der Waals surface area contributed by atoms with Crippen LogP contribution in [0.25, 0.3) is 0 Å². The van der Waals surface area contributed by atoms with E-state index in [1.165, 1.54) is 18.7 Å². The van der Waals surface area contributed by atoms with Crippen molar-refractivity contribution in [2.24, 2.45) is 5.73 Å². The molecule has 82 valence electrons. The Kier molecular flexibility index (Phi) is 4.02. The third-order valence-corrected chi connectivity index (χ3v) is 3.39. The molecule has 1 aromatic rings. The van der Waals surface area contributed by atoms with E-state index in [9.17, 15) is 4.79 Å². The molecule has 0 fully saturated rings. The molecule has 1 atom stereocenters. The Hall–Kier alpha value is -0.710. The highest BCUT2D eigenvalue weighted by Gasteiger charge is 2.27. The lowest BCUT2D eigenvalue weighted by Crippen LogP contribution is -2.47. The zero-order valence-electron chi connectivity index (χ0n) is 8.24. The van der Waals surface area contributed by atoms with E-state index in [2.05, 4.69) is 0 Å². The fourth-order valence-electron chi connectivity index (χ4n) is 0.852. The summed E-state index contributed by atoms with van der Waals surface area (Å²) in [5.74, 6) is -0.695. The maximum Gasteiger partial charge on any atom is 0.324 e. The lowest BCUT2D eigenvalue weighted by atomic mass is 10.1. The standard InChI is InChI=1S/C10H12ClNO2S/c1-10(12,9(13)14)6-15-8-4-2-3-7(11)5-8/h2-5H,6,12H2,1H3,(H,13,14). The summed E-state index contributed by atoms with van der Waals surface area (Å²) < 4.78 is 0. The first-order valence-electron chi connectivity index (χ1n) is 4.32.